The van der Waals surface area contributed by atoms with Gasteiger partial charge in [-0.1, -0.05) is 11.6 Å². The van der Waals surface area contributed by atoms with E-state index >= 15 is 0 Å². The van der Waals surface area contributed by atoms with Crippen molar-refractivity contribution in [2.45, 2.75) is 25.2 Å². The summed E-state index contributed by atoms with van der Waals surface area (Å²) in [7, 11) is 0. The Labute approximate surface area is 98.8 Å². The molecule has 1 unspecified atom stereocenters. The van der Waals surface area contributed by atoms with Gasteiger partial charge in [-0.25, -0.2) is 9.78 Å². The lowest BCUT2D eigenvalue weighted by atomic mass is 9.84. The second kappa shape index (κ2) is 4.70. The van der Waals surface area contributed by atoms with Crippen molar-refractivity contribution in [2.24, 2.45) is 5.73 Å². The first kappa shape index (κ1) is 11.2. The molecule has 5 heteroatoms. The third kappa shape index (κ3) is 2.27. The largest absolute Gasteiger partial charge is 0.449 e. The molecule has 4 nitrogen and oxygen atoms in total. The number of nitrogens with two attached hydrogens (primary N) is 1. The lowest BCUT2D eigenvalue weighted by molar-refractivity contribution is 0.146. The van der Waals surface area contributed by atoms with E-state index in [9.17, 15) is 4.79 Å². The fourth-order valence-corrected chi connectivity index (χ4v) is 2.41. The minimum absolute atomic E-state index is 0.191. The summed E-state index contributed by atoms with van der Waals surface area (Å²) in [5.74, 6) is 0.191. The Morgan fingerprint density at radius 3 is 3.25 bits per heavy atom. The number of carbonyl (C=O) groups excluding carboxylic acids is 1. The molecule has 1 aliphatic rings. The molecule has 0 saturated carbocycles. The number of carbonyl (C=O) groups is 1. The summed E-state index contributed by atoms with van der Waals surface area (Å²) in [5.41, 5.74) is 7.17. The van der Waals surface area contributed by atoms with Crippen molar-refractivity contribution >= 4 is 17.7 Å². The second-order valence-electron chi connectivity index (χ2n) is 3.89. The molecule has 0 fully saturated rings. The fourth-order valence-electron chi connectivity index (χ4n) is 2.15. The molecule has 16 heavy (non-hydrogen) atoms. The van der Waals surface area contributed by atoms with Crippen LogP contribution in [0.4, 0.5) is 4.79 Å². The van der Waals surface area contributed by atoms with E-state index in [4.69, 9.17) is 22.1 Å². The zero-order valence-electron chi connectivity index (χ0n) is 8.78. The molecule has 1 aromatic rings. The number of halogens is 1. The molecule has 1 aliphatic carbocycles. The smallest absolute Gasteiger partial charge is 0.404 e. The molecule has 1 heterocycles. The third-order valence-electron chi connectivity index (χ3n) is 2.89. The Bertz CT molecular complexity index is 409. The lowest BCUT2D eigenvalue weighted by Gasteiger charge is -2.25. The van der Waals surface area contributed by atoms with Crippen molar-refractivity contribution in [2.75, 3.05) is 6.61 Å². The second-order valence-corrected chi connectivity index (χ2v) is 4.25. The maximum atomic E-state index is 10.6. The highest BCUT2D eigenvalue weighted by Gasteiger charge is 2.23. The van der Waals surface area contributed by atoms with E-state index in [1.807, 2.05) is 6.07 Å². The normalized spacial score (nSPS) is 18.9. The summed E-state index contributed by atoms with van der Waals surface area (Å²) in [6, 6.07) is 1.94. The predicted octanol–water partition coefficient (Wildman–Crippen LogP) is 2.25. The van der Waals surface area contributed by atoms with Gasteiger partial charge >= 0.3 is 6.09 Å². The van der Waals surface area contributed by atoms with E-state index in [0.717, 1.165) is 30.4 Å². The highest BCUT2D eigenvalue weighted by atomic mass is 35.5. The molecule has 1 amide bonds. The number of fused-ring (bicyclic) bond motifs is 1. The third-order valence-corrected chi connectivity index (χ3v) is 3.21. The Morgan fingerprint density at radius 1 is 1.69 bits per heavy atom. The summed E-state index contributed by atoms with van der Waals surface area (Å²) in [6.07, 6.45) is 3.91. The van der Waals surface area contributed by atoms with Gasteiger partial charge < -0.3 is 10.5 Å². The number of hydrogen-bond acceptors (Lipinski definition) is 3. The van der Waals surface area contributed by atoms with Crippen LogP contribution in [0.3, 0.4) is 0 Å². The van der Waals surface area contributed by atoms with E-state index in [1.54, 1.807) is 6.20 Å². The predicted molar refractivity (Wildman–Crippen MR) is 60.5 cm³/mol. The Hall–Kier alpha value is -1.29. The van der Waals surface area contributed by atoms with Gasteiger partial charge in [-0.3, -0.25) is 0 Å². The number of hydrogen-bond donors (Lipinski definition) is 1. The SMILES string of the molecule is NC(=O)OCC1CCCc2c1ccnc2Cl. The van der Waals surface area contributed by atoms with Crippen molar-refractivity contribution < 1.29 is 9.53 Å². The summed E-state index contributed by atoms with van der Waals surface area (Å²) in [6.45, 7) is 0.322. The van der Waals surface area contributed by atoms with Crippen LogP contribution < -0.4 is 5.73 Å². The maximum Gasteiger partial charge on any atom is 0.404 e. The molecule has 0 radical (unpaired) electrons. The van der Waals surface area contributed by atoms with Crippen LogP contribution in [0.5, 0.6) is 0 Å². The average Bonchev–Trinajstić information content (AvgIpc) is 2.27. The van der Waals surface area contributed by atoms with E-state index in [2.05, 4.69) is 4.98 Å². The van der Waals surface area contributed by atoms with Crippen LogP contribution in [0.25, 0.3) is 0 Å². The van der Waals surface area contributed by atoms with Crippen molar-refractivity contribution in [3.8, 4) is 0 Å². The highest BCUT2D eigenvalue weighted by molar-refractivity contribution is 6.30. The van der Waals surface area contributed by atoms with Gasteiger partial charge in [-0.15, -0.1) is 0 Å². The molecular weight excluding hydrogens is 228 g/mol. The van der Waals surface area contributed by atoms with Crippen LogP contribution in [0, 0.1) is 0 Å². The molecule has 2 N–H and O–H groups in total. The maximum absolute atomic E-state index is 10.6. The van der Waals surface area contributed by atoms with Crippen LogP contribution in [0.15, 0.2) is 12.3 Å². The number of ether oxygens (including phenoxy) is 1. The van der Waals surface area contributed by atoms with Gasteiger partial charge in [0.2, 0.25) is 0 Å². The molecule has 0 bridgehead atoms. The van der Waals surface area contributed by atoms with Crippen LogP contribution in [0.2, 0.25) is 5.15 Å². The number of pyridine rings is 1. The molecular formula is C11H13ClN2O2. The zero-order valence-corrected chi connectivity index (χ0v) is 9.54. The molecule has 2 rings (SSSR count). The minimum Gasteiger partial charge on any atom is -0.449 e. The standard InChI is InChI=1S/C11H13ClN2O2/c12-10-9-3-1-2-7(6-16-11(13)15)8(9)4-5-14-10/h4-5,7H,1-3,6H2,(H2,13,15). The van der Waals surface area contributed by atoms with E-state index in [1.165, 1.54) is 0 Å². The first-order valence-corrected chi connectivity index (χ1v) is 5.62. The van der Waals surface area contributed by atoms with E-state index in [0.29, 0.717) is 11.8 Å². The van der Waals surface area contributed by atoms with Gasteiger partial charge in [0.15, 0.2) is 0 Å². The summed E-state index contributed by atoms with van der Waals surface area (Å²) in [4.78, 5) is 14.6. The molecule has 0 aromatic carbocycles. The summed E-state index contributed by atoms with van der Waals surface area (Å²) in [5, 5.41) is 0.557. The Kier molecular flexibility index (Phi) is 3.29. The highest BCUT2D eigenvalue weighted by Crippen LogP contribution is 2.34. The fraction of sp³-hybridized carbons (Fsp3) is 0.455. The molecule has 86 valence electrons. The number of amides is 1. The van der Waals surface area contributed by atoms with Gasteiger partial charge in [-0.2, -0.15) is 0 Å². The Balaban J connectivity index is 2.19. The van der Waals surface area contributed by atoms with E-state index < -0.39 is 6.09 Å². The molecule has 0 saturated heterocycles. The van der Waals surface area contributed by atoms with Gasteiger partial charge in [0.25, 0.3) is 0 Å². The Morgan fingerprint density at radius 2 is 2.50 bits per heavy atom. The number of nitrogens with zero attached hydrogens (tertiary/aromatic N) is 1. The summed E-state index contributed by atoms with van der Waals surface area (Å²) < 4.78 is 4.85. The summed E-state index contributed by atoms with van der Waals surface area (Å²) >= 11 is 6.03. The van der Waals surface area contributed by atoms with Crippen molar-refractivity contribution in [1.82, 2.24) is 4.98 Å². The lowest BCUT2D eigenvalue weighted by Crippen LogP contribution is -2.21. The number of primary amides is 1. The van der Waals surface area contributed by atoms with Gasteiger partial charge in [-0.05, 0) is 36.5 Å². The van der Waals surface area contributed by atoms with Crippen LogP contribution in [-0.2, 0) is 11.2 Å². The molecule has 0 spiro atoms. The quantitative estimate of drug-likeness (QED) is 0.807. The van der Waals surface area contributed by atoms with Crippen molar-refractivity contribution in [3.63, 3.8) is 0 Å². The van der Waals surface area contributed by atoms with Gasteiger partial charge in [0, 0.05) is 12.1 Å². The van der Waals surface area contributed by atoms with Crippen LogP contribution in [-0.4, -0.2) is 17.7 Å². The van der Waals surface area contributed by atoms with Crippen LogP contribution in [0.1, 0.15) is 29.9 Å². The molecule has 0 aliphatic heterocycles. The molecule has 1 aromatic heterocycles. The van der Waals surface area contributed by atoms with E-state index in [-0.39, 0.29) is 5.92 Å². The number of rotatable bonds is 2. The monoisotopic (exact) mass is 240 g/mol. The topological polar surface area (TPSA) is 65.2 Å². The van der Waals surface area contributed by atoms with Gasteiger partial charge in [0.05, 0.1) is 0 Å². The minimum atomic E-state index is -0.729. The van der Waals surface area contributed by atoms with Gasteiger partial charge in [0.1, 0.15) is 11.8 Å². The average molecular weight is 241 g/mol. The van der Waals surface area contributed by atoms with Crippen molar-refractivity contribution in [3.05, 3.63) is 28.5 Å². The number of aromatic nitrogens is 1. The van der Waals surface area contributed by atoms with Crippen molar-refractivity contribution in [1.29, 1.82) is 0 Å². The zero-order chi connectivity index (χ0) is 11.5. The first-order chi connectivity index (χ1) is 7.68. The first-order valence-electron chi connectivity index (χ1n) is 5.24. The van der Waals surface area contributed by atoms with Crippen LogP contribution >= 0.6 is 11.6 Å². The molecule has 1 atom stereocenters.